The lowest BCUT2D eigenvalue weighted by molar-refractivity contribution is 0.387. The van der Waals surface area contributed by atoms with Crippen molar-refractivity contribution in [2.45, 2.75) is 39.7 Å². The van der Waals surface area contributed by atoms with E-state index in [2.05, 4.69) is 34.8 Å². The van der Waals surface area contributed by atoms with E-state index in [4.69, 9.17) is 5.26 Å². The third-order valence-corrected chi connectivity index (χ3v) is 3.40. The summed E-state index contributed by atoms with van der Waals surface area (Å²) in [6.07, 6.45) is 4.04. The van der Waals surface area contributed by atoms with E-state index in [0.29, 0.717) is 17.5 Å². The SMILES string of the molecule is Cc1ncc(C#N)c(N2CC(C)CCC2C)n1. The van der Waals surface area contributed by atoms with Crippen molar-refractivity contribution in [2.24, 2.45) is 5.92 Å². The van der Waals surface area contributed by atoms with Crippen LogP contribution in [0.2, 0.25) is 0 Å². The van der Waals surface area contributed by atoms with Gasteiger partial charge in [0.25, 0.3) is 0 Å². The van der Waals surface area contributed by atoms with Crippen LogP contribution in [-0.2, 0) is 0 Å². The molecule has 2 rings (SSSR count). The maximum absolute atomic E-state index is 9.14. The van der Waals surface area contributed by atoms with Crippen LogP contribution in [0.5, 0.6) is 0 Å². The average molecular weight is 230 g/mol. The summed E-state index contributed by atoms with van der Waals surface area (Å²) >= 11 is 0. The highest BCUT2D eigenvalue weighted by Crippen LogP contribution is 2.27. The lowest BCUT2D eigenvalue weighted by atomic mass is 9.95. The Labute approximate surface area is 102 Å². The van der Waals surface area contributed by atoms with Gasteiger partial charge in [0, 0.05) is 12.6 Å². The van der Waals surface area contributed by atoms with Crippen molar-refractivity contribution in [3.8, 4) is 6.07 Å². The van der Waals surface area contributed by atoms with Crippen LogP contribution in [0.15, 0.2) is 6.20 Å². The zero-order valence-electron chi connectivity index (χ0n) is 10.6. The summed E-state index contributed by atoms with van der Waals surface area (Å²) in [7, 11) is 0. The second-order valence-electron chi connectivity index (χ2n) is 4.95. The van der Waals surface area contributed by atoms with E-state index in [9.17, 15) is 0 Å². The predicted molar refractivity (Wildman–Crippen MR) is 66.7 cm³/mol. The predicted octanol–water partition coefficient (Wildman–Crippen LogP) is 2.28. The summed E-state index contributed by atoms with van der Waals surface area (Å²) < 4.78 is 0. The van der Waals surface area contributed by atoms with Crippen LogP contribution in [-0.4, -0.2) is 22.6 Å². The van der Waals surface area contributed by atoms with Crippen LogP contribution in [0.4, 0.5) is 5.82 Å². The van der Waals surface area contributed by atoms with Gasteiger partial charge in [0.2, 0.25) is 0 Å². The Bertz CT molecular complexity index is 449. The molecule has 0 bridgehead atoms. The quantitative estimate of drug-likeness (QED) is 0.742. The number of aryl methyl sites for hydroxylation is 1. The Morgan fingerprint density at radius 2 is 2.18 bits per heavy atom. The highest BCUT2D eigenvalue weighted by molar-refractivity contribution is 5.53. The number of aromatic nitrogens is 2. The number of rotatable bonds is 1. The van der Waals surface area contributed by atoms with Crippen molar-refractivity contribution < 1.29 is 0 Å². The Morgan fingerprint density at radius 1 is 1.41 bits per heavy atom. The van der Waals surface area contributed by atoms with Gasteiger partial charge in [-0.25, -0.2) is 9.97 Å². The van der Waals surface area contributed by atoms with E-state index < -0.39 is 0 Å². The van der Waals surface area contributed by atoms with Gasteiger partial charge in [0.15, 0.2) is 5.82 Å². The number of anilines is 1. The van der Waals surface area contributed by atoms with Crippen molar-refractivity contribution in [2.75, 3.05) is 11.4 Å². The summed E-state index contributed by atoms with van der Waals surface area (Å²) in [6.45, 7) is 7.29. The van der Waals surface area contributed by atoms with E-state index in [-0.39, 0.29) is 0 Å². The molecule has 90 valence electrons. The number of piperidine rings is 1. The molecule has 0 spiro atoms. The molecule has 4 heteroatoms. The van der Waals surface area contributed by atoms with Crippen molar-refractivity contribution in [1.82, 2.24) is 9.97 Å². The fraction of sp³-hybridized carbons (Fsp3) is 0.615. The molecule has 17 heavy (non-hydrogen) atoms. The Kier molecular flexibility index (Phi) is 3.28. The number of hydrogen-bond acceptors (Lipinski definition) is 4. The number of nitriles is 1. The first-order valence-corrected chi connectivity index (χ1v) is 6.12. The zero-order chi connectivity index (χ0) is 12.4. The van der Waals surface area contributed by atoms with Gasteiger partial charge >= 0.3 is 0 Å². The molecule has 0 aliphatic carbocycles. The highest BCUT2D eigenvalue weighted by atomic mass is 15.2. The van der Waals surface area contributed by atoms with E-state index in [1.807, 2.05) is 6.92 Å². The molecule has 1 aliphatic rings. The fourth-order valence-corrected chi connectivity index (χ4v) is 2.34. The molecule has 1 aliphatic heterocycles. The topological polar surface area (TPSA) is 52.8 Å². The summed E-state index contributed by atoms with van der Waals surface area (Å²) in [5.74, 6) is 2.19. The molecule has 0 radical (unpaired) electrons. The molecule has 0 aromatic carbocycles. The number of nitrogens with zero attached hydrogens (tertiary/aromatic N) is 4. The Balaban J connectivity index is 2.38. The molecular formula is C13H18N4. The molecule has 1 aromatic rings. The highest BCUT2D eigenvalue weighted by Gasteiger charge is 2.26. The maximum atomic E-state index is 9.14. The van der Waals surface area contributed by atoms with Gasteiger partial charge in [-0.15, -0.1) is 0 Å². The van der Waals surface area contributed by atoms with Crippen molar-refractivity contribution in [1.29, 1.82) is 5.26 Å². The first-order chi connectivity index (χ1) is 8.11. The van der Waals surface area contributed by atoms with E-state index in [1.165, 1.54) is 6.42 Å². The second kappa shape index (κ2) is 4.70. The lowest BCUT2D eigenvalue weighted by Gasteiger charge is -2.38. The van der Waals surface area contributed by atoms with Gasteiger partial charge in [-0.2, -0.15) is 5.26 Å². The van der Waals surface area contributed by atoms with Gasteiger partial charge < -0.3 is 4.90 Å². The van der Waals surface area contributed by atoms with Crippen LogP contribution in [0.1, 0.15) is 38.1 Å². The average Bonchev–Trinajstić information content (AvgIpc) is 2.32. The van der Waals surface area contributed by atoms with Crippen molar-refractivity contribution in [3.63, 3.8) is 0 Å². The monoisotopic (exact) mass is 230 g/mol. The molecule has 2 heterocycles. The first-order valence-electron chi connectivity index (χ1n) is 6.12. The van der Waals surface area contributed by atoms with Gasteiger partial charge in [0.1, 0.15) is 17.5 Å². The van der Waals surface area contributed by atoms with Gasteiger partial charge in [-0.05, 0) is 32.6 Å². The summed E-state index contributed by atoms with van der Waals surface area (Å²) in [5, 5.41) is 9.14. The van der Waals surface area contributed by atoms with Gasteiger partial charge in [-0.1, -0.05) is 6.92 Å². The fourth-order valence-electron chi connectivity index (χ4n) is 2.34. The minimum absolute atomic E-state index is 0.451. The molecule has 0 amide bonds. The van der Waals surface area contributed by atoms with Crippen LogP contribution in [0, 0.1) is 24.2 Å². The molecule has 1 saturated heterocycles. The molecule has 4 nitrogen and oxygen atoms in total. The smallest absolute Gasteiger partial charge is 0.150 e. The van der Waals surface area contributed by atoms with Crippen LogP contribution < -0.4 is 4.90 Å². The van der Waals surface area contributed by atoms with Gasteiger partial charge in [0.05, 0.1) is 6.20 Å². The van der Waals surface area contributed by atoms with E-state index in [1.54, 1.807) is 6.20 Å². The van der Waals surface area contributed by atoms with Gasteiger partial charge in [-0.3, -0.25) is 0 Å². The van der Waals surface area contributed by atoms with Crippen molar-refractivity contribution in [3.05, 3.63) is 17.6 Å². The molecule has 2 atom stereocenters. The van der Waals surface area contributed by atoms with E-state index in [0.717, 1.165) is 24.6 Å². The minimum atomic E-state index is 0.451. The zero-order valence-corrected chi connectivity index (χ0v) is 10.6. The third kappa shape index (κ3) is 2.38. The van der Waals surface area contributed by atoms with Crippen LogP contribution in [0.25, 0.3) is 0 Å². The molecule has 1 aromatic heterocycles. The molecular weight excluding hydrogens is 212 g/mol. The molecule has 0 N–H and O–H groups in total. The molecule has 2 unspecified atom stereocenters. The summed E-state index contributed by atoms with van der Waals surface area (Å²) in [5.41, 5.74) is 0.580. The summed E-state index contributed by atoms with van der Waals surface area (Å²) in [4.78, 5) is 10.8. The Hall–Kier alpha value is -1.63. The summed E-state index contributed by atoms with van der Waals surface area (Å²) in [6, 6.07) is 2.64. The first kappa shape index (κ1) is 11.8. The van der Waals surface area contributed by atoms with E-state index >= 15 is 0 Å². The maximum Gasteiger partial charge on any atom is 0.150 e. The molecule has 1 fully saturated rings. The van der Waals surface area contributed by atoms with Crippen LogP contribution in [0.3, 0.4) is 0 Å². The third-order valence-electron chi connectivity index (χ3n) is 3.40. The normalized spacial score (nSPS) is 24.5. The number of hydrogen-bond donors (Lipinski definition) is 0. The minimum Gasteiger partial charge on any atom is -0.352 e. The lowest BCUT2D eigenvalue weighted by Crippen LogP contribution is -2.42. The second-order valence-corrected chi connectivity index (χ2v) is 4.95. The largest absolute Gasteiger partial charge is 0.352 e. The Morgan fingerprint density at radius 3 is 2.88 bits per heavy atom. The molecule has 0 saturated carbocycles. The standard InChI is InChI=1S/C13H18N4/c1-9-4-5-10(2)17(8-9)13-12(6-14)7-15-11(3)16-13/h7,9-10H,4-5,8H2,1-3H3. The van der Waals surface area contributed by atoms with Crippen LogP contribution >= 0.6 is 0 Å². The van der Waals surface area contributed by atoms with Crippen molar-refractivity contribution >= 4 is 5.82 Å².